The standard InChI is InChI=1S/C114H90BN9/c1-111(2,3)72-43-53-101-86(58-72)87-59-73(112(4,5)6)44-54-102(87)119(101)77-48-50-91-106(63-77)123(99-40-26-39-98(90(99)68-117)122-96-37-24-18-31-82(96)83-32-19-25-38-97(83)122)108-65-79(121-95-36-23-20-33-84(95)85-57-70(42-52-100(85)121)69-27-14-13-15-28-69)66-109-110(108)115(91)92-51-49-78(120-103-55-45-74(113(7,8)9)60-88(103)89-61-75(114(10,11)12)46-56-104(89)120)64-107(92)124(109)105-62-76(47-41-71(105)67-116)118-93-34-21-16-29-80(93)81-30-17-22-35-94(81)118/h13-66H,1-12H3/i13D,14D,15D,20D,23D,27D,28D,33D,36D,42D,52D,57D. The van der Waals surface area contributed by atoms with Crippen molar-refractivity contribution in [2.75, 3.05) is 9.80 Å². The van der Waals surface area contributed by atoms with Crippen LogP contribution in [-0.4, -0.2) is 29.5 Å². The number of aromatic nitrogens is 5. The Morgan fingerprint density at radius 1 is 0.266 bits per heavy atom. The van der Waals surface area contributed by atoms with Crippen LogP contribution in [0.4, 0.5) is 34.1 Å². The zero-order valence-electron chi connectivity index (χ0n) is 82.9. The average Bonchev–Trinajstić information content (AvgIpc) is 1.10. The Labute approximate surface area is 738 Å². The van der Waals surface area contributed by atoms with Gasteiger partial charge in [-0.05, 0) is 229 Å². The Balaban J connectivity index is 0.920. The van der Waals surface area contributed by atoms with Crippen molar-refractivity contribution in [3.05, 3.63) is 361 Å². The summed E-state index contributed by atoms with van der Waals surface area (Å²) in [5, 5.41) is 33.0. The lowest BCUT2D eigenvalue weighted by molar-refractivity contribution is 0.590. The fourth-order valence-electron chi connectivity index (χ4n) is 20.0. The Morgan fingerprint density at radius 2 is 0.645 bits per heavy atom. The topological polar surface area (TPSA) is 78.7 Å². The molecule has 594 valence electrons. The van der Waals surface area contributed by atoms with Gasteiger partial charge < -0.3 is 32.6 Å². The molecule has 0 atom stereocenters. The van der Waals surface area contributed by atoms with Crippen molar-refractivity contribution >= 4 is 166 Å². The molecular weight excluding hydrogens is 1510 g/mol. The molecule has 0 fully saturated rings. The lowest BCUT2D eigenvalue weighted by Gasteiger charge is -2.45. The van der Waals surface area contributed by atoms with Gasteiger partial charge in [-0.15, -0.1) is 0 Å². The predicted molar refractivity (Wildman–Crippen MR) is 522 cm³/mol. The van der Waals surface area contributed by atoms with Gasteiger partial charge in [-0.1, -0.05) is 253 Å². The van der Waals surface area contributed by atoms with E-state index in [0.29, 0.717) is 51.0 Å². The number of hydrogen-bond donors (Lipinski definition) is 0. The van der Waals surface area contributed by atoms with Gasteiger partial charge in [0.15, 0.2) is 0 Å². The van der Waals surface area contributed by atoms with Gasteiger partial charge in [-0.3, -0.25) is 0 Å². The molecule has 16 aromatic carbocycles. The molecule has 0 bridgehead atoms. The summed E-state index contributed by atoms with van der Waals surface area (Å²) < 4.78 is 128. The van der Waals surface area contributed by atoms with Crippen LogP contribution in [0.25, 0.3) is 149 Å². The van der Waals surface area contributed by atoms with E-state index in [2.05, 4.69) is 287 Å². The minimum atomic E-state index is -0.776. The van der Waals surface area contributed by atoms with Crippen molar-refractivity contribution in [2.24, 2.45) is 0 Å². The summed E-state index contributed by atoms with van der Waals surface area (Å²) in [6, 6.07) is 86.1. The van der Waals surface area contributed by atoms with Crippen LogP contribution >= 0.6 is 0 Å². The Bertz CT molecular complexity index is 8570. The molecule has 2 aliphatic heterocycles. The summed E-state index contributed by atoms with van der Waals surface area (Å²) >= 11 is 0. The molecule has 9 nitrogen and oxygen atoms in total. The van der Waals surface area contributed by atoms with Gasteiger partial charge in [0.2, 0.25) is 0 Å². The molecule has 23 rings (SSSR count). The molecule has 0 saturated heterocycles. The average molecular weight is 1610 g/mol. The maximum absolute atomic E-state index is 12.9. The van der Waals surface area contributed by atoms with E-state index < -0.39 is 90.3 Å². The van der Waals surface area contributed by atoms with Crippen LogP contribution in [0.2, 0.25) is 0 Å². The quantitative estimate of drug-likeness (QED) is 0.142. The number of rotatable bonds is 8. The number of para-hydroxylation sites is 5. The molecule has 0 aliphatic carbocycles. The van der Waals surface area contributed by atoms with E-state index in [0.717, 1.165) is 132 Å². The van der Waals surface area contributed by atoms with E-state index in [4.69, 9.17) is 4.11 Å². The summed E-state index contributed by atoms with van der Waals surface area (Å²) in [6.07, 6.45) is 0. The summed E-state index contributed by atoms with van der Waals surface area (Å²) in [4.78, 5) is 4.27. The van der Waals surface area contributed by atoms with Gasteiger partial charge in [0.05, 0.1) is 99.9 Å². The zero-order chi connectivity index (χ0) is 94.9. The van der Waals surface area contributed by atoms with E-state index >= 15 is 0 Å². The molecular formula is C114H90BN9. The first-order chi connectivity index (χ1) is 65.0. The van der Waals surface area contributed by atoms with Crippen molar-refractivity contribution in [3.63, 3.8) is 0 Å². The largest absolute Gasteiger partial charge is 0.310 e. The number of anilines is 6. The maximum atomic E-state index is 12.9. The Hall–Kier alpha value is -14.8. The second-order valence-electron chi connectivity index (χ2n) is 37.5. The van der Waals surface area contributed by atoms with Gasteiger partial charge >= 0.3 is 0 Å². The van der Waals surface area contributed by atoms with Gasteiger partial charge in [0.1, 0.15) is 17.7 Å². The second-order valence-corrected chi connectivity index (χ2v) is 37.5. The molecule has 2 aliphatic rings. The third-order valence-electron chi connectivity index (χ3n) is 26.1. The first-order valence-corrected chi connectivity index (χ1v) is 42.4. The van der Waals surface area contributed by atoms with Crippen molar-refractivity contribution in [1.82, 2.24) is 22.8 Å². The van der Waals surface area contributed by atoms with Crippen LogP contribution in [0.15, 0.2) is 327 Å². The molecule has 7 heterocycles. The van der Waals surface area contributed by atoms with Crippen LogP contribution in [-0.2, 0) is 21.7 Å². The maximum Gasteiger partial charge on any atom is 0.252 e. The lowest BCUT2D eigenvalue weighted by atomic mass is 9.33. The molecule has 0 amide bonds. The lowest BCUT2D eigenvalue weighted by Crippen LogP contribution is -2.61. The van der Waals surface area contributed by atoms with E-state index in [1.165, 1.54) is 4.57 Å². The molecule has 124 heavy (non-hydrogen) atoms. The van der Waals surface area contributed by atoms with Crippen LogP contribution < -0.4 is 26.2 Å². The molecule has 21 aromatic rings. The van der Waals surface area contributed by atoms with Crippen molar-refractivity contribution in [2.45, 2.75) is 105 Å². The van der Waals surface area contributed by atoms with Gasteiger partial charge in [0, 0.05) is 93.7 Å². The molecule has 0 saturated carbocycles. The van der Waals surface area contributed by atoms with Crippen molar-refractivity contribution < 1.29 is 16.4 Å². The fraction of sp³-hybridized carbons (Fsp3) is 0.140. The summed E-state index contributed by atoms with van der Waals surface area (Å²) in [5.41, 5.74) is 18.3. The van der Waals surface area contributed by atoms with Gasteiger partial charge in [-0.2, -0.15) is 10.5 Å². The summed E-state index contributed by atoms with van der Waals surface area (Å²) in [5.74, 6) is 0. The van der Waals surface area contributed by atoms with E-state index in [1.54, 1.807) is 0 Å². The monoisotopic (exact) mass is 1610 g/mol. The summed E-state index contributed by atoms with van der Waals surface area (Å²) in [7, 11) is 0. The van der Waals surface area contributed by atoms with E-state index in [-0.39, 0.29) is 60.3 Å². The Morgan fingerprint density at radius 3 is 1.10 bits per heavy atom. The number of nitrogens with zero attached hydrogens (tertiary/aromatic N) is 9. The highest BCUT2D eigenvalue weighted by molar-refractivity contribution is 7.00. The second kappa shape index (κ2) is 26.8. The van der Waals surface area contributed by atoms with E-state index in [1.807, 2.05) is 91.0 Å². The molecule has 0 unspecified atom stereocenters. The third-order valence-corrected chi connectivity index (χ3v) is 26.1. The molecule has 0 N–H and O–H groups in total. The van der Waals surface area contributed by atoms with Crippen molar-refractivity contribution in [1.29, 1.82) is 10.5 Å². The predicted octanol–water partition coefficient (Wildman–Crippen LogP) is 27.9. The highest BCUT2D eigenvalue weighted by atomic mass is 15.2. The minimum Gasteiger partial charge on any atom is -0.310 e. The molecule has 0 spiro atoms. The SMILES string of the molecule is [2H]c1c([2H])c([2H])c(-c2c([2H])c([2H])c3c(c2[2H])c2c([2H])c([2H])c([2H])c([2H])c2n3-c2cc3c4c(c2)N(c2cccc(-n5c6ccccc6c6ccccc65)c2C#N)c2cc(-n5c6ccc(C(C)(C)C)cc6c6cc(C(C)(C)C)ccc65)ccc2B4c2ccc(-n4c5ccc(C(C)(C)C)cc5c5cc(C(C)(C)C)ccc54)cc2N3c2cc(-n3c4ccccc4c4ccccc43)ccc2C#N)c([2H])c1[2H]. The number of fused-ring (bicyclic) bond motifs is 19. The third kappa shape index (κ3) is 11.1. The van der Waals surface area contributed by atoms with Crippen LogP contribution in [0, 0.1) is 22.7 Å². The first-order valence-electron chi connectivity index (χ1n) is 48.4. The highest BCUT2D eigenvalue weighted by Gasteiger charge is 2.46. The first kappa shape index (κ1) is 62.3. The molecule has 10 heteroatoms. The summed E-state index contributed by atoms with van der Waals surface area (Å²) in [6.45, 7) is 26.0. The van der Waals surface area contributed by atoms with Crippen LogP contribution in [0.3, 0.4) is 0 Å². The van der Waals surface area contributed by atoms with Crippen molar-refractivity contribution in [3.8, 4) is 51.7 Å². The number of nitriles is 2. The van der Waals surface area contributed by atoms with E-state index in [9.17, 15) is 22.9 Å². The molecule has 0 radical (unpaired) electrons. The van der Waals surface area contributed by atoms with Gasteiger partial charge in [0.25, 0.3) is 6.71 Å². The van der Waals surface area contributed by atoms with Gasteiger partial charge in [-0.25, -0.2) is 0 Å². The van der Waals surface area contributed by atoms with Crippen LogP contribution in [0.1, 0.15) is 133 Å². The minimum absolute atomic E-state index is 0.141. The fourth-order valence-corrected chi connectivity index (χ4v) is 20.0. The van der Waals surface area contributed by atoms with Crippen LogP contribution in [0.5, 0.6) is 0 Å². The number of hydrogen-bond acceptors (Lipinski definition) is 4. The highest BCUT2D eigenvalue weighted by Crippen LogP contribution is 2.52. The Kier molecular flexibility index (Phi) is 13.5. The zero-order valence-corrected chi connectivity index (χ0v) is 70.9. The molecule has 5 aromatic heterocycles. The normalized spacial score (nSPS) is 14.5. The number of benzene rings is 16. The smallest absolute Gasteiger partial charge is 0.252 e.